The summed E-state index contributed by atoms with van der Waals surface area (Å²) in [5.74, 6) is -0.303. The van der Waals surface area contributed by atoms with Crippen molar-refractivity contribution in [1.82, 2.24) is 5.06 Å². The van der Waals surface area contributed by atoms with E-state index in [4.69, 9.17) is 9.57 Å². The van der Waals surface area contributed by atoms with Crippen LogP contribution < -0.4 is 0 Å². The lowest BCUT2D eigenvalue weighted by molar-refractivity contribution is -0.180. The van der Waals surface area contributed by atoms with Gasteiger partial charge in [0.1, 0.15) is 0 Å². The molecular formula is C13H19NO3. The predicted molar refractivity (Wildman–Crippen MR) is 65.3 cm³/mol. The fourth-order valence-corrected chi connectivity index (χ4v) is 1.66. The monoisotopic (exact) mass is 237 g/mol. The number of benzene rings is 1. The molecule has 0 spiro atoms. The molecule has 0 amide bonds. The fourth-order valence-electron chi connectivity index (χ4n) is 1.66. The molecule has 1 aromatic carbocycles. The highest BCUT2D eigenvalue weighted by atomic mass is 16.7. The maximum atomic E-state index is 11.9. The van der Waals surface area contributed by atoms with Crippen LogP contribution in [0.3, 0.4) is 0 Å². The van der Waals surface area contributed by atoms with Gasteiger partial charge < -0.3 is 9.57 Å². The van der Waals surface area contributed by atoms with Gasteiger partial charge in [-0.2, -0.15) is 5.06 Å². The summed E-state index contributed by atoms with van der Waals surface area (Å²) in [7, 11) is 3.24. The van der Waals surface area contributed by atoms with Crippen molar-refractivity contribution in [3.05, 3.63) is 35.4 Å². The zero-order chi connectivity index (χ0) is 12.8. The smallest absolute Gasteiger partial charge is 0.330 e. The summed E-state index contributed by atoms with van der Waals surface area (Å²) >= 11 is 0. The second kappa shape index (κ2) is 6.37. The number of esters is 1. The van der Waals surface area contributed by atoms with E-state index in [1.807, 2.05) is 31.2 Å². The van der Waals surface area contributed by atoms with Crippen LogP contribution in [0.1, 0.15) is 24.1 Å². The number of ether oxygens (including phenoxy) is 1. The van der Waals surface area contributed by atoms with Gasteiger partial charge in [0, 0.05) is 7.05 Å². The third-order valence-electron chi connectivity index (χ3n) is 2.52. The number of hydrogen-bond donors (Lipinski definition) is 0. The Hall–Kier alpha value is -1.39. The molecule has 1 rings (SSSR count). The van der Waals surface area contributed by atoms with Crippen molar-refractivity contribution in [2.75, 3.05) is 20.8 Å². The summed E-state index contributed by atoms with van der Waals surface area (Å²) in [4.78, 5) is 17.0. The fraction of sp³-hybridized carbons (Fsp3) is 0.462. The predicted octanol–water partition coefficient (Wildman–Crippen LogP) is 2.09. The zero-order valence-electron chi connectivity index (χ0n) is 10.8. The molecule has 0 heterocycles. The first-order chi connectivity index (χ1) is 8.10. The molecule has 0 saturated carbocycles. The highest BCUT2D eigenvalue weighted by molar-refractivity contribution is 5.77. The lowest BCUT2D eigenvalue weighted by Gasteiger charge is -2.24. The number of nitrogens with zero attached hydrogens (tertiary/aromatic N) is 1. The van der Waals surface area contributed by atoms with Crippen molar-refractivity contribution < 1.29 is 14.4 Å². The summed E-state index contributed by atoms with van der Waals surface area (Å²) in [5.41, 5.74) is 1.97. The lowest BCUT2D eigenvalue weighted by atomic mass is 10.0. The molecule has 0 aliphatic rings. The van der Waals surface area contributed by atoms with E-state index >= 15 is 0 Å². The summed E-state index contributed by atoms with van der Waals surface area (Å²) in [5, 5.41) is 1.49. The van der Waals surface area contributed by atoms with Crippen LogP contribution in [0.15, 0.2) is 24.3 Å². The number of rotatable bonds is 5. The first-order valence-corrected chi connectivity index (χ1v) is 5.60. The van der Waals surface area contributed by atoms with E-state index in [0.717, 1.165) is 11.1 Å². The van der Waals surface area contributed by atoms with E-state index < -0.39 is 6.04 Å². The van der Waals surface area contributed by atoms with Crippen LogP contribution in [0, 0.1) is 6.92 Å². The van der Waals surface area contributed by atoms with Gasteiger partial charge in [0.05, 0.1) is 13.7 Å². The Labute approximate surface area is 102 Å². The van der Waals surface area contributed by atoms with Crippen LogP contribution in [0.5, 0.6) is 0 Å². The first-order valence-electron chi connectivity index (χ1n) is 5.60. The van der Waals surface area contributed by atoms with Gasteiger partial charge >= 0.3 is 5.97 Å². The zero-order valence-corrected chi connectivity index (χ0v) is 10.8. The van der Waals surface area contributed by atoms with E-state index in [0.29, 0.717) is 6.61 Å². The molecule has 17 heavy (non-hydrogen) atoms. The van der Waals surface area contributed by atoms with Crippen molar-refractivity contribution in [3.63, 3.8) is 0 Å². The van der Waals surface area contributed by atoms with Crippen molar-refractivity contribution in [2.24, 2.45) is 0 Å². The molecule has 0 aliphatic heterocycles. The van der Waals surface area contributed by atoms with Crippen molar-refractivity contribution in [3.8, 4) is 0 Å². The molecule has 0 radical (unpaired) electrons. The molecule has 94 valence electrons. The van der Waals surface area contributed by atoms with Gasteiger partial charge in [-0.25, -0.2) is 4.79 Å². The summed E-state index contributed by atoms with van der Waals surface area (Å²) in [6.45, 7) is 4.13. The minimum absolute atomic E-state index is 0.303. The second-order valence-electron chi connectivity index (χ2n) is 3.80. The molecule has 0 aliphatic carbocycles. The Balaban J connectivity index is 3.01. The van der Waals surface area contributed by atoms with Crippen LogP contribution in [0.2, 0.25) is 0 Å². The van der Waals surface area contributed by atoms with Gasteiger partial charge in [-0.1, -0.05) is 29.8 Å². The molecule has 0 saturated heterocycles. The van der Waals surface area contributed by atoms with Crippen LogP contribution in [0.4, 0.5) is 0 Å². The number of carbonyl (C=O) groups excluding carboxylic acids is 1. The Kier molecular flexibility index (Phi) is 5.12. The van der Waals surface area contributed by atoms with Gasteiger partial charge in [-0.15, -0.1) is 0 Å². The highest BCUT2D eigenvalue weighted by Gasteiger charge is 2.26. The van der Waals surface area contributed by atoms with Gasteiger partial charge in [-0.05, 0) is 19.4 Å². The molecule has 0 N–H and O–H groups in total. The van der Waals surface area contributed by atoms with Crippen LogP contribution in [-0.4, -0.2) is 31.8 Å². The largest absolute Gasteiger partial charge is 0.464 e. The third-order valence-corrected chi connectivity index (χ3v) is 2.52. The van der Waals surface area contributed by atoms with E-state index in [2.05, 4.69) is 0 Å². The summed E-state index contributed by atoms with van der Waals surface area (Å²) in [6, 6.07) is 7.22. The maximum absolute atomic E-state index is 11.9. The highest BCUT2D eigenvalue weighted by Crippen LogP contribution is 2.21. The van der Waals surface area contributed by atoms with Crippen molar-refractivity contribution in [2.45, 2.75) is 19.9 Å². The number of hydrogen-bond acceptors (Lipinski definition) is 4. The summed E-state index contributed by atoms with van der Waals surface area (Å²) in [6.07, 6.45) is 0. The first kappa shape index (κ1) is 13.7. The minimum atomic E-state index is -0.528. The average Bonchev–Trinajstić information content (AvgIpc) is 2.29. The lowest BCUT2D eigenvalue weighted by Crippen LogP contribution is -2.31. The number of hydroxylamine groups is 2. The summed E-state index contributed by atoms with van der Waals surface area (Å²) < 4.78 is 5.06. The maximum Gasteiger partial charge on any atom is 0.330 e. The van der Waals surface area contributed by atoms with Crippen LogP contribution in [0.25, 0.3) is 0 Å². The molecule has 1 atom stereocenters. The molecule has 1 unspecified atom stereocenters. The third kappa shape index (κ3) is 3.54. The van der Waals surface area contributed by atoms with Gasteiger partial charge in [0.25, 0.3) is 0 Å². The van der Waals surface area contributed by atoms with Gasteiger partial charge in [0.15, 0.2) is 6.04 Å². The second-order valence-corrected chi connectivity index (χ2v) is 3.80. The standard InChI is InChI=1S/C13H19NO3/c1-5-17-13(15)12(14(3)16-4)11-8-6-7-10(2)9-11/h6-9,12H,5H2,1-4H3. The average molecular weight is 237 g/mol. The normalized spacial score (nSPS) is 12.5. The van der Waals surface area contributed by atoms with E-state index in [1.165, 1.54) is 12.2 Å². The van der Waals surface area contributed by atoms with Crippen molar-refractivity contribution in [1.29, 1.82) is 0 Å². The number of aryl methyl sites for hydroxylation is 1. The molecule has 1 aromatic rings. The van der Waals surface area contributed by atoms with E-state index in [9.17, 15) is 4.79 Å². The van der Waals surface area contributed by atoms with Crippen molar-refractivity contribution >= 4 is 5.97 Å². The molecular weight excluding hydrogens is 218 g/mol. The molecule has 0 bridgehead atoms. The Morgan fingerprint density at radius 1 is 1.47 bits per heavy atom. The molecule has 4 nitrogen and oxygen atoms in total. The Bertz CT molecular complexity index is 379. The minimum Gasteiger partial charge on any atom is -0.464 e. The number of carbonyl (C=O) groups is 1. The van der Waals surface area contributed by atoms with E-state index in [1.54, 1.807) is 14.0 Å². The molecule has 0 aromatic heterocycles. The Morgan fingerprint density at radius 2 is 2.18 bits per heavy atom. The van der Waals surface area contributed by atoms with Crippen LogP contribution in [-0.2, 0) is 14.4 Å². The SMILES string of the molecule is CCOC(=O)C(c1cccc(C)c1)N(C)OC. The topological polar surface area (TPSA) is 38.8 Å². The molecule has 4 heteroatoms. The Morgan fingerprint density at radius 3 is 2.71 bits per heavy atom. The van der Waals surface area contributed by atoms with E-state index in [-0.39, 0.29) is 5.97 Å². The van der Waals surface area contributed by atoms with Gasteiger partial charge in [0.2, 0.25) is 0 Å². The number of likely N-dealkylation sites (N-methyl/N-ethyl adjacent to an activating group) is 1. The van der Waals surface area contributed by atoms with Crippen LogP contribution >= 0.6 is 0 Å². The quantitative estimate of drug-likeness (QED) is 0.580. The van der Waals surface area contributed by atoms with Gasteiger partial charge in [-0.3, -0.25) is 0 Å². The molecule has 0 fully saturated rings.